The van der Waals surface area contributed by atoms with Crippen molar-refractivity contribution in [1.82, 2.24) is 5.32 Å². The van der Waals surface area contributed by atoms with E-state index in [4.69, 9.17) is 0 Å². The van der Waals surface area contributed by atoms with Crippen molar-refractivity contribution < 1.29 is 13.2 Å². The van der Waals surface area contributed by atoms with Crippen molar-refractivity contribution in [1.29, 1.82) is 0 Å². The summed E-state index contributed by atoms with van der Waals surface area (Å²) in [6.07, 6.45) is -2.32. The van der Waals surface area contributed by atoms with Gasteiger partial charge in [-0.25, -0.2) is 0 Å². The molecule has 1 saturated heterocycles. The van der Waals surface area contributed by atoms with Gasteiger partial charge in [-0.2, -0.15) is 13.2 Å². The van der Waals surface area contributed by atoms with Crippen molar-refractivity contribution in [2.75, 3.05) is 24.5 Å². The first-order valence-corrected chi connectivity index (χ1v) is 7.56. The van der Waals surface area contributed by atoms with Crippen LogP contribution in [0.15, 0.2) is 22.7 Å². The normalized spacial score (nSPS) is 20.2. The van der Waals surface area contributed by atoms with Gasteiger partial charge in [0.2, 0.25) is 0 Å². The van der Waals surface area contributed by atoms with Gasteiger partial charge in [-0.05, 0) is 24.6 Å². The molecule has 0 radical (unpaired) electrons. The van der Waals surface area contributed by atoms with Crippen LogP contribution in [-0.2, 0) is 6.18 Å². The lowest BCUT2D eigenvalue weighted by molar-refractivity contribution is -0.137. The van der Waals surface area contributed by atoms with E-state index in [1.54, 1.807) is 12.1 Å². The number of anilines is 1. The third kappa shape index (κ3) is 3.67. The molecule has 112 valence electrons. The molecule has 0 spiro atoms. The molecular formula is C14H18BrF3N2. The summed E-state index contributed by atoms with van der Waals surface area (Å²) in [6, 6.07) is 4.65. The Labute approximate surface area is 125 Å². The Hall–Kier alpha value is -0.750. The molecule has 2 nitrogen and oxygen atoms in total. The first kappa shape index (κ1) is 15.6. The van der Waals surface area contributed by atoms with Crippen molar-refractivity contribution in [3.8, 4) is 0 Å². The van der Waals surface area contributed by atoms with Crippen LogP contribution in [0.5, 0.6) is 0 Å². The highest BCUT2D eigenvalue weighted by molar-refractivity contribution is 9.10. The highest BCUT2D eigenvalue weighted by Crippen LogP contribution is 2.38. The summed E-state index contributed by atoms with van der Waals surface area (Å²) in [5.41, 5.74) is -0.285. The minimum absolute atomic E-state index is 0.262. The fourth-order valence-electron chi connectivity index (χ4n) is 2.60. The number of nitrogens with zero attached hydrogens (tertiary/aromatic N) is 1. The molecule has 0 bridgehead atoms. The molecule has 1 heterocycles. The fraction of sp³-hybridized carbons (Fsp3) is 0.571. The maximum absolute atomic E-state index is 13.2. The van der Waals surface area contributed by atoms with Gasteiger partial charge in [0.25, 0.3) is 0 Å². The molecule has 1 aromatic rings. The van der Waals surface area contributed by atoms with Crippen molar-refractivity contribution in [3.05, 3.63) is 28.2 Å². The van der Waals surface area contributed by atoms with Crippen molar-refractivity contribution >= 4 is 21.6 Å². The Bertz CT molecular complexity index is 460. The van der Waals surface area contributed by atoms with E-state index in [1.807, 2.05) is 4.90 Å². The average molecular weight is 351 g/mol. The van der Waals surface area contributed by atoms with Crippen LogP contribution < -0.4 is 10.2 Å². The first-order chi connectivity index (χ1) is 9.41. The summed E-state index contributed by atoms with van der Waals surface area (Å²) in [7, 11) is 0. The second kappa shape index (κ2) is 6.35. The number of rotatable bonds is 3. The standard InChI is InChI=1S/C14H18BrF3N2/c1-2-3-11-9-20(7-6-19-11)13-5-4-10(15)8-12(13)14(16,17)18/h4-5,8,11,19H,2-3,6-7,9H2,1H3. The Morgan fingerprint density at radius 2 is 2.15 bits per heavy atom. The van der Waals surface area contributed by atoms with E-state index >= 15 is 0 Å². The topological polar surface area (TPSA) is 15.3 Å². The fourth-order valence-corrected chi connectivity index (χ4v) is 2.96. The van der Waals surface area contributed by atoms with Crippen LogP contribution in [0.2, 0.25) is 0 Å². The lowest BCUT2D eigenvalue weighted by Crippen LogP contribution is -2.51. The summed E-state index contributed by atoms with van der Waals surface area (Å²) >= 11 is 3.12. The zero-order chi connectivity index (χ0) is 14.8. The number of nitrogens with one attached hydrogen (secondary N) is 1. The van der Waals surface area contributed by atoms with Crippen molar-refractivity contribution in [2.45, 2.75) is 32.0 Å². The third-order valence-corrected chi connectivity index (χ3v) is 3.99. The number of halogens is 4. The molecular weight excluding hydrogens is 333 g/mol. The molecule has 1 fully saturated rings. The smallest absolute Gasteiger partial charge is 0.368 e. The van der Waals surface area contributed by atoms with Gasteiger partial charge in [0.05, 0.1) is 5.56 Å². The van der Waals surface area contributed by atoms with Crippen LogP contribution in [0.3, 0.4) is 0 Å². The highest BCUT2D eigenvalue weighted by atomic mass is 79.9. The maximum Gasteiger partial charge on any atom is 0.418 e. The van der Waals surface area contributed by atoms with E-state index in [2.05, 4.69) is 28.2 Å². The quantitative estimate of drug-likeness (QED) is 0.884. The molecule has 1 N–H and O–H groups in total. The number of hydrogen-bond donors (Lipinski definition) is 1. The van der Waals surface area contributed by atoms with Crippen LogP contribution in [0.4, 0.5) is 18.9 Å². The van der Waals surface area contributed by atoms with Gasteiger partial charge in [-0.3, -0.25) is 0 Å². The monoisotopic (exact) mass is 350 g/mol. The molecule has 1 aliphatic rings. The molecule has 1 aliphatic heterocycles. The van der Waals surface area contributed by atoms with Crippen LogP contribution in [0.1, 0.15) is 25.3 Å². The Balaban J connectivity index is 2.27. The number of alkyl halides is 3. The van der Waals surface area contributed by atoms with Crippen molar-refractivity contribution in [3.63, 3.8) is 0 Å². The summed E-state index contributed by atoms with van der Waals surface area (Å²) in [5.74, 6) is 0. The minimum atomic E-state index is -4.33. The predicted octanol–water partition coefficient (Wildman–Crippen LogP) is 4.05. The summed E-state index contributed by atoms with van der Waals surface area (Å²) in [4.78, 5) is 1.84. The van der Waals surface area contributed by atoms with Crippen LogP contribution in [-0.4, -0.2) is 25.7 Å². The second-order valence-electron chi connectivity index (χ2n) is 5.04. The molecule has 20 heavy (non-hydrogen) atoms. The van der Waals surface area contributed by atoms with Gasteiger partial charge >= 0.3 is 6.18 Å². The zero-order valence-electron chi connectivity index (χ0n) is 11.3. The zero-order valence-corrected chi connectivity index (χ0v) is 12.9. The van der Waals surface area contributed by atoms with Gasteiger partial charge < -0.3 is 10.2 Å². The Morgan fingerprint density at radius 1 is 1.40 bits per heavy atom. The van der Waals surface area contributed by atoms with Gasteiger partial charge in [0, 0.05) is 35.8 Å². The molecule has 0 amide bonds. The Morgan fingerprint density at radius 3 is 2.80 bits per heavy atom. The molecule has 1 aromatic carbocycles. The number of hydrogen-bond acceptors (Lipinski definition) is 2. The van der Waals surface area contributed by atoms with E-state index < -0.39 is 11.7 Å². The molecule has 1 unspecified atom stereocenters. The van der Waals surface area contributed by atoms with Gasteiger partial charge in [-0.15, -0.1) is 0 Å². The first-order valence-electron chi connectivity index (χ1n) is 6.77. The molecule has 6 heteroatoms. The van der Waals surface area contributed by atoms with Gasteiger partial charge in [-0.1, -0.05) is 29.3 Å². The van der Waals surface area contributed by atoms with Crippen LogP contribution >= 0.6 is 15.9 Å². The molecule has 0 aromatic heterocycles. The Kier molecular flexibility index (Phi) is 4.96. The van der Waals surface area contributed by atoms with E-state index in [0.29, 0.717) is 17.6 Å². The van der Waals surface area contributed by atoms with Gasteiger partial charge in [0.15, 0.2) is 0 Å². The van der Waals surface area contributed by atoms with Gasteiger partial charge in [0.1, 0.15) is 0 Å². The van der Waals surface area contributed by atoms with Crippen LogP contribution in [0.25, 0.3) is 0 Å². The lowest BCUT2D eigenvalue weighted by atomic mass is 10.1. The van der Waals surface area contributed by atoms with E-state index in [0.717, 1.165) is 25.5 Å². The average Bonchev–Trinajstić information content (AvgIpc) is 2.38. The molecule has 0 aliphatic carbocycles. The minimum Gasteiger partial charge on any atom is -0.368 e. The number of benzene rings is 1. The molecule has 1 atom stereocenters. The number of piperazine rings is 1. The SMILES string of the molecule is CCCC1CN(c2ccc(Br)cc2C(F)(F)F)CCN1. The van der Waals surface area contributed by atoms with Crippen LogP contribution in [0, 0.1) is 0 Å². The van der Waals surface area contributed by atoms with Crippen molar-refractivity contribution in [2.24, 2.45) is 0 Å². The second-order valence-corrected chi connectivity index (χ2v) is 5.96. The lowest BCUT2D eigenvalue weighted by Gasteiger charge is -2.36. The molecule has 0 saturated carbocycles. The highest BCUT2D eigenvalue weighted by Gasteiger charge is 2.35. The molecule has 2 rings (SSSR count). The summed E-state index contributed by atoms with van der Waals surface area (Å²) < 4.78 is 39.9. The largest absolute Gasteiger partial charge is 0.418 e. The summed E-state index contributed by atoms with van der Waals surface area (Å²) in [5, 5.41) is 3.36. The van der Waals surface area contributed by atoms with E-state index in [1.165, 1.54) is 0 Å². The van der Waals surface area contributed by atoms with E-state index in [9.17, 15) is 13.2 Å². The summed E-state index contributed by atoms with van der Waals surface area (Å²) in [6.45, 7) is 4.03. The maximum atomic E-state index is 13.2. The third-order valence-electron chi connectivity index (χ3n) is 3.50. The van der Waals surface area contributed by atoms with E-state index in [-0.39, 0.29) is 11.7 Å². The predicted molar refractivity (Wildman–Crippen MR) is 78.1 cm³/mol.